The van der Waals surface area contributed by atoms with E-state index in [9.17, 15) is 13.5 Å². The van der Waals surface area contributed by atoms with Gasteiger partial charge in [-0.15, -0.1) is 21.5 Å². The maximum atomic E-state index is 13.1. The van der Waals surface area contributed by atoms with E-state index >= 15 is 0 Å². The van der Waals surface area contributed by atoms with Gasteiger partial charge in [-0.1, -0.05) is 5.16 Å². The second-order valence-corrected chi connectivity index (χ2v) is 10.4. The first-order chi connectivity index (χ1) is 13.8. The number of hydrogen-bond donors (Lipinski definition) is 1. The van der Waals surface area contributed by atoms with Gasteiger partial charge in [0.15, 0.2) is 5.82 Å². The molecule has 29 heavy (non-hydrogen) atoms. The SMILES string of the molecule is Cc1noc(C)c1-c1ccc(S(=O)(=O)N2CCC(c3nnc(CO)n3C)CC2)s1. The Morgan fingerprint density at radius 3 is 2.55 bits per heavy atom. The average molecular weight is 438 g/mol. The van der Waals surface area contributed by atoms with E-state index in [4.69, 9.17) is 4.52 Å². The molecule has 3 aromatic rings. The number of aliphatic hydroxyl groups excluding tert-OH is 1. The van der Waals surface area contributed by atoms with Gasteiger partial charge in [0.05, 0.1) is 11.3 Å². The van der Waals surface area contributed by atoms with Crippen LogP contribution in [-0.2, 0) is 23.7 Å². The summed E-state index contributed by atoms with van der Waals surface area (Å²) in [5, 5.41) is 21.4. The van der Waals surface area contributed by atoms with E-state index in [1.165, 1.54) is 15.6 Å². The number of thiophene rings is 1. The van der Waals surface area contributed by atoms with E-state index in [2.05, 4.69) is 15.4 Å². The van der Waals surface area contributed by atoms with Gasteiger partial charge in [0.1, 0.15) is 22.4 Å². The Bertz CT molecular complexity index is 1100. The zero-order chi connectivity index (χ0) is 20.8. The molecule has 3 aromatic heterocycles. The van der Waals surface area contributed by atoms with Gasteiger partial charge in [0.25, 0.3) is 10.0 Å². The second kappa shape index (κ2) is 7.63. The van der Waals surface area contributed by atoms with Gasteiger partial charge in [0.2, 0.25) is 0 Å². The van der Waals surface area contributed by atoms with Crippen molar-refractivity contribution >= 4 is 21.4 Å². The molecule has 0 atom stereocenters. The number of rotatable bonds is 5. The molecule has 0 spiro atoms. The molecule has 156 valence electrons. The lowest BCUT2D eigenvalue weighted by atomic mass is 9.97. The average Bonchev–Trinajstić information content (AvgIpc) is 3.41. The van der Waals surface area contributed by atoms with Crippen LogP contribution < -0.4 is 0 Å². The van der Waals surface area contributed by atoms with Crippen LogP contribution in [0.1, 0.15) is 41.9 Å². The van der Waals surface area contributed by atoms with Gasteiger partial charge in [-0.3, -0.25) is 0 Å². The van der Waals surface area contributed by atoms with Crippen LogP contribution in [0.2, 0.25) is 0 Å². The summed E-state index contributed by atoms with van der Waals surface area (Å²) in [5.74, 6) is 2.11. The number of hydrogen-bond acceptors (Lipinski definition) is 8. The fourth-order valence-corrected chi connectivity index (χ4v) is 6.85. The number of aryl methyl sites for hydroxylation is 2. The Morgan fingerprint density at radius 1 is 1.24 bits per heavy atom. The predicted molar refractivity (Wildman–Crippen MR) is 107 cm³/mol. The fourth-order valence-electron chi connectivity index (χ4n) is 3.78. The monoisotopic (exact) mass is 437 g/mol. The highest BCUT2D eigenvalue weighted by Crippen LogP contribution is 2.37. The number of nitrogens with zero attached hydrogens (tertiary/aromatic N) is 5. The number of aliphatic hydroxyl groups is 1. The lowest BCUT2D eigenvalue weighted by Gasteiger charge is -2.30. The smallest absolute Gasteiger partial charge is 0.252 e. The predicted octanol–water partition coefficient (Wildman–Crippen LogP) is 2.21. The molecular weight excluding hydrogens is 414 g/mol. The van der Waals surface area contributed by atoms with Crippen LogP contribution >= 0.6 is 11.3 Å². The Kier molecular flexibility index (Phi) is 5.32. The van der Waals surface area contributed by atoms with E-state index in [-0.39, 0.29) is 12.5 Å². The van der Waals surface area contributed by atoms with Crippen LogP contribution in [-0.4, -0.2) is 50.8 Å². The molecule has 0 aliphatic carbocycles. The van der Waals surface area contributed by atoms with E-state index < -0.39 is 10.0 Å². The van der Waals surface area contributed by atoms with Gasteiger partial charge >= 0.3 is 0 Å². The summed E-state index contributed by atoms with van der Waals surface area (Å²) >= 11 is 1.24. The lowest BCUT2D eigenvalue weighted by Crippen LogP contribution is -2.38. The van der Waals surface area contributed by atoms with Crippen molar-refractivity contribution in [3.8, 4) is 10.4 Å². The maximum Gasteiger partial charge on any atom is 0.252 e. The number of aromatic nitrogens is 4. The van der Waals surface area contributed by atoms with Crippen LogP contribution in [0.15, 0.2) is 20.9 Å². The normalized spacial score (nSPS) is 16.6. The van der Waals surface area contributed by atoms with Crippen molar-refractivity contribution in [2.24, 2.45) is 7.05 Å². The number of piperidine rings is 1. The maximum absolute atomic E-state index is 13.1. The zero-order valence-corrected chi connectivity index (χ0v) is 18.1. The quantitative estimate of drug-likeness (QED) is 0.651. The molecule has 9 nitrogen and oxygen atoms in total. The molecule has 0 amide bonds. The van der Waals surface area contributed by atoms with Crippen molar-refractivity contribution in [3.05, 3.63) is 35.2 Å². The van der Waals surface area contributed by atoms with E-state index in [1.54, 1.807) is 10.6 Å². The first kappa shape index (κ1) is 20.2. The summed E-state index contributed by atoms with van der Waals surface area (Å²) in [6.07, 6.45) is 1.33. The zero-order valence-electron chi connectivity index (χ0n) is 16.5. The lowest BCUT2D eigenvalue weighted by molar-refractivity contribution is 0.265. The summed E-state index contributed by atoms with van der Waals surface area (Å²) in [6.45, 7) is 4.35. The van der Waals surface area contributed by atoms with E-state index in [1.807, 2.05) is 27.0 Å². The molecule has 1 aliphatic rings. The van der Waals surface area contributed by atoms with Gasteiger partial charge < -0.3 is 14.2 Å². The standard InChI is InChI=1S/C18H23N5O4S2/c1-11-17(12(2)27-21-11)14-4-5-16(28-14)29(25,26)23-8-6-13(7-9-23)18-20-19-15(10-24)22(18)3/h4-5,13,24H,6-10H2,1-3H3. The van der Waals surface area contributed by atoms with Gasteiger partial charge in [0, 0.05) is 30.9 Å². The topological polar surface area (TPSA) is 114 Å². The van der Waals surface area contributed by atoms with Crippen molar-refractivity contribution in [2.45, 2.75) is 43.4 Å². The molecule has 1 N–H and O–H groups in total. The molecule has 1 fully saturated rings. The van der Waals surface area contributed by atoms with Crippen LogP contribution in [0.3, 0.4) is 0 Å². The van der Waals surface area contributed by atoms with Crippen molar-refractivity contribution in [1.29, 1.82) is 0 Å². The van der Waals surface area contributed by atoms with Gasteiger partial charge in [-0.2, -0.15) is 4.31 Å². The van der Waals surface area contributed by atoms with Crippen LogP contribution in [0.25, 0.3) is 10.4 Å². The third-order valence-electron chi connectivity index (χ3n) is 5.41. The second-order valence-electron chi connectivity index (χ2n) is 7.19. The third kappa shape index (κ3) is 3.52. The summed E-state index contributed by atoms with van der Waals surface area (Å²) < 4.78 is 35.1. The summed E-state index contributed by atoms with van der Waals surface area (Å²) in [7, 11) is -1.73. The minimum atomic E-state index is -3.56. The Labute approximate surface area is 173 Å². The summed E-state index contributed by atoms with van der Waals surface area (Å²) in [6, 6.07) is 3.47. The number of sulfonamides is 1. The largest absolute Gasteiger partial charge is 0.388 e. The molecule has 4 heterocycles. The highest BCUT2D eigenvalue weighted by atomic mass is 32.2. The first-order valence-corrected chi connectivity index (χ1v) is 11.6. The third-order valence-corrected chi connectivity index (χ3v) is 8.88. The van der Waals surface area contributed by atoms with Crippen LogP contribution in [0.5, 0.6) is 0 Å². The Balaban J connectivity index is 1.50. The summed E-state index contributed by atoms with van der Waals surface area (Å²) in [5.41, 5.74) is 1.61. The molecule has 4 rings (SSSR count). The highest BCUT2D eigenvalue weighted by molar-refractivity contribution is 7.91. The first-order valence-electron chi connectivity index (χ1n) is 9.35. The van der Waals surface area contributed by atoms with E-state index in [0.29, 0.717) is 41.7 Å². The molecule has 0 aromatic carbocycles. The highest BCUT2D eigenvalue weighted by Gasteiger charge is 2.33. The molecule has 0 unspecified atom stereocenters. The van der Waals surface area contributed by atoms with Crippen molar-refractivity contribution in [3.63, 3.8) is 0 Å². The van der Waals surface area contributed by atoms with Gasteiger partial charge in [-0.25, -0.2) is 8.42 Å². The Hall–Kier alpha value is -2.08. The van der Waals surface area contributed by atoms with Crippen molar-refractivity contribution < 1.29 is 18.0 Å². The summed E-state index contributed by atoms with van der Waals surface area (Å²) in [4.78, 5) is 0.838. The fraction of sp³-hybridized carbons (Fsp3) is 0.500. The molecule has 0 bridgehead atoms. The Morgan fingerprint density at radius 2 is 1.97 bits per heavy atom. The van der Waals surface area contributed by atoms with Crippen molar-refractivity contribution in [2.75, 3.05) is 13.1 Å². The molecule has 1 saturated heterocycles. The minimum absolute atomic E-state index is 0.125. The molecule has 0 radical (unpaired) electrons. The molecule has 1 aliphatic heterocycles. The molecular formula is C18H23N5O4S2. The van der Waals surface area contributed by atoms with Crippen molar-refractivity contribution in [1.82, 2.24) is 24.2 Å². The molecule has 11 heteroatoms. The minimum Gasteiger partial charge on any atom is -0.388 e. The van der Waals surface area contributed by atoms with E-state index in [0.717, 1.165) is 22.0 Å². The van der Waals surface area contributed by atoms with Crippen LogP contribution in [0.4, 0.5) is 0 Å². The van der Waals surface area contributed by atoms with Crippen LogP contribution in [0, 0.1) is 13.8 Å². The molecule has 0 saturated carbocycles. The van der Waals surface area contributed by atoms with Gasteiger partial charge in [-0.05, 0) is 38.8 Å².